The lowest BCUT2D eigenvalue weighted by atomic mass is 10.1. The van der Waals surface area contributed by atoms with Crippen LogP contribution in [0.3, 0.4) is 0 Å². The number of hydrogen-bond acceptors (Lipinski definition) is 5. The van der Waals surface area contributed by atoms with Crippen molar-refractivity contribution in [3.63, 3.8) is 0 Å². The summed E-state index contributed by atoms with van der Waals surface area (Å²) in [5.41, 5.74) is 0.654. The van der Waals surface area contributed by atoms with Crippen molar-refractivity contribution >= 4 is 11.7 Å². The second kappa shape index (κ2) is 9.70. The fraction of sp³-hybridized carbons (Fsp3) is 0.727. The minimum atomic E-state index is -0.00835. The summed E-state index contributed by atoms with van der Waals surface area (Å²) >= 11 is 0. The maximum absolute atomic E-state index is 12.5. The summed E-state index contributed by atoms with van der Waals surface area (Å²) in [7, 11) is 0. The van der Waals surface area contributed by atoms with Gasteiger partial charge < -0.3 is 15.1 Å². The normalized spacial score (nSPS) is 21.6. The van der Waals surface area contributed by atoms with Crippen molar-refractivity contribution in [2.24, 2.45) is 11.8 Å². The summed E-state index contributed by atoms with van der Waals surface area (Å²) in [6.07, 6.45) is 2.89. The number of likely N-dealkylation sites (tertiary alicyclic amines) is 1. The van der Waals surface area contributed by atoms with Crippen LogP contribution in [0.4, 0.5) is 5.82 Å². The largest absolute Gasteiger partial charge is 0.354 e. The Balaban J connectivity index is 1.44. The molecule has 2 aliphatic rings. The van der Waals surface area contributed by atoms with Crippen LogP contribution in [0.15, 0.2) is 18.3 Å². The molecule has 3 rings (SSSR count). The number of carbonyl (C=O) groups excluding carboxylic acids is 1. The van der Waals surface area contributed by atoms with Gasteiger partial charge in [-0.3, -0.25) is 9.69 Å². The molecule has 1 amide bonds. The minimum Gasteiger partial charge on any atom is -0.354 e. The zero-order valence-electron chi connectivity index (χ0n) is 18.0. The Morgan fingerprint density at radius 1 is 1.14 bits per heavy atom. The SMILES string of the molecule is CC(C)CN1CC[C@H](CNC(=O)c2ccc(N3CCN(C(C)C)CC3)nc2)C1. The highest BCUT2D eigenvalue weighted by molar-refractivity contribution is 5.94. The fourth-order valence-electron chi connectivity index (χ4n) is 4.28. The van der Waals surface area contributed by atoms with Gasteiger partial charge in [0.15, 0.2) is 0 Å². The second-order valence-electron chi connectivity index (χ2n) is 9.04. The Bertz CT molecular complexity index is 622. The van der Waals surface area contributed by atoms with Crippen LogP contribution in [0.25, 0.3) is 0 Å². The lowest BCUT2D eigenvalue weighted by Gasteiger charge is -2.37. The fourth-order valence-corrected chi connectivity index (χ4v) is 4.28. The molecule has 0 aromatic carbocycles. The zero-order valence-corrected chi connectivity index (χ0v) is 18.0. The van der Waals surface area contributed by atoms with Gasteiger partial charge in [0.2, 0.25) is 0 Å². The summed E-state index contributed by atoms with van der Waals surface area (Å²) in [6, 6.07) is 4.49. The summed E-state index contributed by atoms with van der Waals surface area (Å²) in [6.45, 7) is 17.3. The maximum Gasteiger partial charge on any atom is 0.252 e. The van der Waals surface area contributed by atoms with Crippen LogP contribution in [0, 0.1) is 11.8 Å². The first-order chi connectivity index (χ1) is 13.4. The Labute approximate surface area is 170 Å². The van der Waals surface area contributed by atoms with E-state index in [0.29, 0.717) is 23.4 Å². The maximum atomic E-state index is 12.5. The van der Waals surface area contributed by atoms with Crippen molar-refractivity contribution in [3.8, 4) is 0 Å². The van der Waals surface area contributed by atoms with E-state index in [-0.39, 0.29) is 5.91 Å². The van der Waals surface area contributed by atoms with Gasteiger partial charge in [0.1, 0.15) is 5.82 Å². The molecular weight excluding hydrogens is 350 g/mol. The molecule has 0 spiro atoms. The topological polar surface area (TPSA) is 51.7 Å². The predicted octanol–water partition coefficient (Wildman–Crippen LogP) is 2.32. The third-order valence-electron chi connectivity index (χ3n) is 5.92. The van der Waals surface area contributed by atoms with E-state index in [1.165, 1.54) is 6.42 Å². The molecule has 1 atom stereocenters. The van der Waals surface area contributed by atoms with E-state index < -0.39 is 0 Å². The molecule has 0 radical (unpaired) electrons. The molecule has 0 aliphatic carbocycles. The first-order valence-electron chi connectivity index (χ1n) is 10.9. The summed E-state index contributed by atoms with van der Waals surface area (Å²) in [5.74, 6) is 2.23. The molecule has 28 heavy (non-hydrogen) atoms. The van der Waals surface area contributed by atoms with Crippen molar-refractivity contribution < 1.29 is 4.79 Å². The van der Waals surface area contributed by atoms with Gasteiger partial charge in [-0.2, -0.15) is 0 Å². The smallest absolute Gasteiger partial charge is 0.252 e. The average Bonchev–Trinajstić information content (AvgIpc) is 3.13. The molecular formula is C22H37N5O. The number of anilines is 1. The third-order valence-corrected chi connectivity index (χ3v) is 5.92. The van der Waals surface area contributed by atoms with Crippen molar-refractivity contribution in [2.45, 2.75) is 40.2 Å². The van der Waals surface area contributed by atoms with Gasteiger partial charge in [-0.15, -0.1) is 0 Å². The van der Waals surface area contributed by atoms with Gasteiger partial charge in [-0.25, -0.2) is 4.98 Å². The van der Waals surface area contributed by atoms with Crippen molar-refractivity contribution in [3.05, 3.63) is 23.9 Å². The van der Waals surface area contributed by atoms with Gasteiger partial charge >= 0.3 is 0 Å². The number of hydrogen-bond donors (Lipinski definition) is 1. The molecule has 1 N–H and O–H groups in total. The monoisotopic (exact) mass is 387 g/mol. The van der Waals surface area contributed by atoms with Crippen LogP contribution in [0.5, 0.6) is 0 Å². The number of rotatable bonds is 7. The molecule has 2 aliphatic heterocycles. The Morgan fingerprint density at radius 2 is 1.89 bits per heavy atom. The summed E-state index contributed by atoms with van der Waals surface area (Å²) in [5, 5.41) is 3.11. The van der Waals surface area contributed by atoms with E-state index in [9.17, 15) is 4.79 Å². The highest BCUT2D eigenvalue weighted by Crippen LogP contribution is 2.18. The van der Waals surface area contributed by atoms with Crippen molar-refractivity contribution in [1.82, 2.24) is 20.1 Å². The molecule has 0 unspecified atom stereocenters. The van der Waals surface area contributed by atoms with E-state index in [0.717, 1.165) is 58.2 Å². The zero-order chi connectivity index (χ0) is 20.1. The summed E-state index contributed by atoms with van der Waals surface area (Å²) in [4.78, 5) is 24.3. The first-order valence-corrected chi connectivity index (χ1v) is 10.9. The minimum absolute atomic E-state index is 0.00835. The van der Waals surface area contributed by atoms with E-state index in [2.05, 4.69) is 52.7 Å². The molecule has 6 heteroatoms. The highest BCUT2D eigenvalue weighted by Gasteiger charge is 2.23. The molecule has 3 heterocycles. The quantitative estimate of drug-likeness (QED) is 0.778. The lowest BCUT2D eigenvalue weighted by Crippen LogP contribution is -2.49. The van der Waals surface area contributed by atoms with E-state index >= 15 is 0 Å². The number of pyridine rings is 1. The van der Waals surface area contributed by atoms with Crippen LogP contribution >= 0.6 is 0 Å². The molecule has 1 aromatic heterocycles. The molecule has 2 saturated heterocycles. The lowest BCUT2D eigenvalue weighted by molar-refractivity contribution is 0.0947. The van der Waals surface area contributed by atoms with Crippen LogP contribution in [0.2, 0.25) is 0 Å². The molecule has 0 saturated carbocycles. The third kappa shape index (κ3) is 5.67. The van der Waals surface area contributed by atoms with Crippen molar-refractivity contribution in [1.29, 1.82) is 0 Å². The predicted molar refractivity (Wildman–Crippen MR) is 115 cm³/mol. The number of piperazine rings is 1. The number of amides is 1. The number of nitrogens with zero attached hydrogens (tertiary/aromatic N) is 4. The Hall–Kier alpha value is -1.66. The Kier molecular flexibility index (Phi) is 7.30. The molecule has 156 valence electrons. The van der Waals surface area contributed by atoms with Crippen LogP contribution in [-0.4, -0.2) is 79.1 Å². The first kappa shape index (κ1) is 21.1. The highest BCUT2D eigenvalue weighted by atomic mass is 16.1. The van der Waals surface area contributed by atoms with Crippen LogP contribution in [0.1, 0.15) is 44.5 Å². The van der Waals surface area contributed by atoms with Gasteiger partial charge in [0.05, 0.1) is 5.56 Å². The molecule has 2 fully saturated rings. The van der Waals surface area contributed by atoms with Crippen LogP contribution in [-0.2, 0) is 0 Å². The molecule has 0 bridgehead atoms. The number of nitrogens with one attached hydrogen (secondary N) is 1. The van der Waals surface area contributed by atoms with Crippen LogP contribution < -0.4 is 10.2 Å². The number of carbonyl (C=O) groups is 1. The van der Waals surface area contributed by atoms with E-state index in [1.54, 1.807) is 6.20 Å². The molecule has 1 aromatic rings. The van der Waals surface area contributed by atoms with E-state index in [1.807, 2.05) is 12.1 Å². The summed E-state index contributed by atoms with van der Waals surface area (Å²) < 4.78 is 0. The Morgan fingerprint density at radius 3 is 2.50 bits per heavy atom. The van der Waals surface area contributed by atoms with Gasteiger partial charge in [0, 0.05) is 58.1 Å². The van der Waals surface area contributed by atoms with E-state index in [4.69, 9.17) is 0 Å². The second-order valence-corrected chi connectivity index (χ2v) is 9.04. The molecule has 6 nitrogen and oxygen atoms in total. The van der Waals surface area contributed by atoms with Gasteiger partial charge in [0.25, 0.3) is 5.91 Å². The average molecular weight is 388 g/mol. The number of aromatic nitrogens is 1. The van der Waals surface area contributed by atoms with Gasteiger partial charge in [-0.05, 0) is 50.8 Å². The standard InChI is InChI=1S/C22H37N5O/c1-17(2)15-25-8-7-19(16-25)13-24-22(28)20-5-6-21(23-14-20)27-11-9-26(10-12-27)18(3)4/h5-6,14,17-19H,7-13,15-16H2,1-4H3,(H,24,28)/t19-/m1/s1. The van der Waals surface area contributed by atoms with Gasteiger partial charge in [-0.1, -0.05) is 13.8 Å². The van der Waals surface area contributed by atoms with Crippen molar-refractivity contribution in [2.75, 3.05) is 57.3 Å².